The summed E-state index contributed by atoms with van der Waals surface area (Å²) in [4.78, 5) is 3.57. The zero-order valence-corrected chi connectivity index (χ0v) is 7.35. The molecule has 0 heterocycles. The van der Waals surface area contributed by atoms with Crippen molar-refractivity contribution in [2.45, 2.75) is 20.2 Å². The van der Waals surface area contributed by atoms with E-state index in [1.807, 2.05) is 0 Å². The van der Waals surface area contributed by atoms with Gasteiger partial charge in [0, 0.05) is 5.70 Å². The number of rotatable bonds is 3. The average molecular weight is 193 g/mol. The highest BCUT2D eigenvalue weighted by Gasteiger charge is 2.31. The Morgan fingerprint density at radius 2 is 2.00 bits per heavy atom. The molecule has 0 N–H and O–H groups in total. The van der Waals surface area contributed by atoms with Crippen LogP contribution in [0.2, 0.25) is 0 Å². The second kappa shape index (κ2) is 4.69. The number of hydrogen-bond donors (Lipinski definition) is 0. The predicted octanol–water partition coefficient (Wildman–Crippen LogP) is 3.03. The first-order valence-corrected chi connectivity index (χ1v) is 3.47. The van der Waals surface area contributed by atoms with Gasteiger partial charge in [-0.3, -0.25) is 4.99 Å². The lowest BCUT2D eigenvalue weighted by Gasteiger charge is -2.08. The monoisotopic (exact) mass is 193 g/mol. The second-order valence-electron chi connectivity index (χ2n) is 2.23. The number of ether oxygens (including phenoxy) is 1. The SMILES string of the molecule is C=C(C)N=C/C(=C\C)OC(F)(F)F. The molecule has 13 heavy (non-hydrogen) atoms. The van der Waals surface area contributed by atoms with Gasteiger partial charge in [-0.15, -0.1) is 13.2 Å². The third kappa shape index (κ3) is 7.11. The summed E-state index contributed by atoms with van der Waals surface area (Å²) in [5, 5.41) is 0. The van der Waals surface area contributed by atoms with Gasteiger partial charge in [-0.2, -0.15) is 0 Å². The lowest BCUT2D eigenvalue weighted by Crippen LogP contribution is -2.13. The van der Waals surface area contributed by atoms with Crippen molar-refractivity contribution in [1.29, 1.82) is 0 Å². The van der Waals surface area contributed by atoms with Gasteiger partial charge in [-0.1, -0.05) is 6.58 Å². The molecule has 0 radical (unpaired) electrons. The summed E-state index contributed by atoms with van der Waals surface area (Å²) < 4.78 is 38.6. The molecule has 0 aromatic heterocycles. The fourth-order valence-electron chi connectivity index (χ4n) is 0.467. The Balaban J connectivity index is 4.31. The minimum Gasteiger partial charge on any atom is -0.404 e. The van der Waals surface area contributed by atoms with Crippen LogP contribution in [0.4, 0.5) is 13.2 Å². The Labute approximate surface area is 74.4 Å². The molecular weight excluding hydrogens is 183 g/mol. The molecule has 0 fully saturated rings. The Morgan fingerprint density at radius 1 is 1.46 bits per heavy atom. The van der Waals surface area contributed by atoms with E-state index in [2.05, 4.69) is 16.3 Å². The van der Waals surface area contributed by atoms with Gasteiger partial charge < -0.3 is 4.74 Å². The molecule has 0 amide bonds. The summed E-state index contributed by atoms with van der Waals surface area (Å²) in [5.41, 5.74) is 0.408. The fraction of sp³-hybridized carbons (Fsp3) is 0.375. The van der Waals surface area contributed by atoms with Crippen molar-refractivity contribution >= 4 is 6.21 Å². The topological polar surface area (TPSA) is 21.6 Å². The summed E-state index contributed by atoms with van der Waals surface area (Å²) in [5.74, 6) is -0.351. The molecule has 0 rings (SSSR count). The van der Waals surface area contributed by atoms with E-state index >= 15 is 0 Å². The van der Waals surface area contributed by atoms with E-state index in [4.69, 9.17) is 0 Å². The van der Waals surface area contributed by atoms with Gasteiger partial charge >= 0.3 is 6.36 Å². The van der Waals surface area contributed by atoms with Crippen molar-refractivity contribution in [3.63, 3.8) is 0 Å². The van der Waals surface area contributed by atoms with Crippen LogP contribution < -0.4 is 0 Å². The van der Waals surface area contributed by atoms with Crippen molar-refractivity contribution in [2.75, 3.05) is 0 Å². The maximum absolute atomic E-state index is 11.7. The molecule has 0 atom stereocenters. The van der Waals surface area contributed by atoms with Crippen molar-refractivity contribution in [1.82, 2.24) is 0 Å². The van der Waals surface area contributed by atoms with Gasteiger partial charge in [0.25, 0.3) is 0 Å². The van der Waals surface area contributed by atoms with Crippen molar-refractivity contribution < 1.29 is 17.9 Å². The molecule has 0 saturated carbocycles. The molecule has 0 aliphatic heterocycles. The normalized spacial score (nSPS) is 13.5. The van der Waals surface area contributed by atoms with E-state index in [1.165, 1.54) is 13.0 Å². The summed E-state index contributed by atoms with van der Waals surface area (Å²) in [6.07, 6.45) is -2.54. The van der Waals surface area contributed by atoms with Crippen LogP contribution in [-0.4, -0.2) is 12.6 Å². The maximum Gasteiger partial charge on any atom is 0.573 e. The van der Waals surface area contributed by atoms with Crippen LogP contribution in [0, 0.1) is 0 Å². The lowest BCUT2D eigenvalue weighted by atomic mass is 10.5. The molecular formula is C8H10F3NO. The van der Waals surface area contributed by atoms with Crippen molar-refractivity contribution in [3.05, 3.63) is 24.1 Å². The molecule has 74 valence electrons. The minimum atomic E-state index is -4.68. The van der Waals surface area contributed by atoms with Crippen LogP contribution in [0.3, 0.4) is 0 Å². The first-order valence-electron chi connectivity index (χ1n) is 3.47. The zero-order chi connectivity index (χ0) is 10.5. The van der Waals surface area contributed by atoms with E-state index in [1.54, 1.807) is 6.92 Å². The summed E-state index contributed by atoms with van der Waals surface area (Å²) in [6.45, 7) is 6.38. The number of halogens is 3. The molecule has 5 heteroatoms. The predicted molar refractivity (Wildman–Crippen MR) is 44.2 cm³/mol. The van der Waals surface area contributed by atoms with E-state index < -0.39 is 6.36 Å². The maximum atomic E-state index is 11.7. The van der Waals surface area contributed by atoms with Gasteiger partial charge in [0.05, 0.1) is 6.21 Å². The van der Waals surface area contributed by atoms with E-state index in [0.717, 1.165) is 6.21 Å². The van der Waals surface area contributed by atoms with Crippen LogP contribution in [0.5, 0.6) is 0 Å². The molecule has 0 spiro atoms. The Kier molecular flexibility index (Phi) is 4.23. The molecule has 0 aliphatic carbocycles. The van der Waals surface area contributed by atoms with Crippen LogP contribution in [-0.2, 0) is 4.74 Å². The minimum absolute atomic E-state index is 0.351. The van der Waals surface area contributed by atoms with Crippen LogP contribution in [0.25, 0.3) is 0 Å². The highest BCUT2D eigenvalue weighted by Crippen LogP contribution is 2.19. The third-order valence-corrected chi connectivity index (χ3v) is 0.930. The van der Waals surface area contributed by atoms with Crippen molar-refractivity contribution in [2.24, 2.45) is 4.99 Å². The number of hydrogen-bond acceptors (Lipinski definition) is 2. The number of allylic oxidation sites excluding steroid dienone is 3. The fourth-order valence-corrected chi connectivity index (χ4v) is 0.467. The second-order valence-corrected chi connectivity index (χ2v) is 2.23. The van der Waals surface area contributed by atoms with Gasteiger partial charge in [0.15, 0.2) is 0 Å². The summed E-state index contributed by atoms with van der Waals surface area (Å²) >= 11 is 0. The molecule has 0 aromatic rings. The summed E-state index contributed by atoms with van der Waals surface area (Å²) in [7, 11) is 0. The van der Waals surface area contributed by atoms with E-state index in [9.17, 15) is 13.2 Å². The Hall–Kier alpha value is -1.26. The molecule has 0 bridgehead atoms. The number of aliphatic imine (C=N–C) groups is 1. The van der Waals surface area contributed by atoms with Crippen LogP contribution >= 0.6 is 0 Å². The molecule has 0 saturated heterocycles. The highest BCUT2D eigenvalue weighted by atomic mass is 19.4. The van der Waals surface area contributed by atoms with Crippen LogP contribution in [0.1, 0.15) is 13.8 Å². The first-order chi connectivity index (χ1) is 5.85. The lowest BCUT2D eigenvalue weighted by molar-refractivity contribution is -0.301. The third-order valence-electron chi connectivity index (χ3n) is 0.930. The van der Waals surface area contributed by atoms with Gasteiger partial charge in [-0.25, -0.2) is 0 Å². The van der Waals surface area contributed by atoms with Gasteiger partial charge in [-0.05, 0) is 19.9 Å². The Morgan fingerprint density at radius 3 is 2.31 bits per heavy atom. The van der Waals surface area contributed by atoms with E-state index in [-0.39, 0.29) is 5.76 Å². The molecule has 0 unspecified atom stereocenters. The number of nitrogens with zero attached hydrogens (tertiary/aromatic N) is 1. The quantitative estimate of drug-likeness (QED) is 0.498. The molecule has 2 nitrogen and oxygen atoms in total. The summed E-state index contributed by atoms with van der Waals surface area (Å²) in [6, 6.07) is 0. The molecule has 0 aliphatic rings. The van der Waals surface area contributed by atoms with Gasteiger partial charge in [0.2, 0.25) is 0 Å². The van der Waals surface area contributed by atoms with Gasteiger partial charge in [0.1, 0.15) is 5.76 Å². The zero-order valence-electron chi connectivity index (χ0n) is 7.35. The largest absolute Gasteiger partial charge is 0.573 e. The standard InChI is InChI=1S/C8H10F3NO/c1-4-7(5-12-6(2)3)13-8(9,10)11/h4-5H,2H2,1,3H3/b7-4+,12-5?. The average Bonchev–Trinajstić information content (AvgIpc) is 1.95. The van der Waals surface area contributed by atoms with Crippen LogP contribution in [0.15, 0.2) is 29.1 Å². The van der Waals surface area contributed by atoms with E-state index in [0.29, 0.717) is 5.70 Å². The van der Waals surface area contributed by atoms with Crippen molar-refractivity contribution in [3.8, 4) is 0 Å². The smallest absolute Gasteiger partial charge is 0.404 e. The first kappa shape index (κ1) is 11.7. The number of alkyl halides is 3. The Bertz CT molecular complexity index is 240. The highest BCUT2D eigenvalue weighted by molar-refractivity contribution is 5.76. The molecule has 0 aromatic carbocycles.